The minimum absolute atomic E-state index is 0.230. The van der Waals surface area contributed by atoms with Crippen LogP contribution in [-0.2, 0) is 6.54 Å². The summed E-state index contributed by atoms with van der Waals surface area (Å²) in [6.07, 6.45) is 0. The molecule has 2 N–H and O–H groups in total. The van der Waals surface area contributed by atoms with Crippen LogP contribution in [-0.4, -0.2) is 24.0 Å². The van der Waals surface area contributed by atoms with E-state index in [4.69, 9.17) is 17.3 Å². The highest BCUT2D eigenvalue weighted by Crippen LogP contribution is 2.22. The number of rotatable bonds is 2. The van der Waals surface area contributed by atoms with E-state index >= 15 is 0 Å². The zero-order valence-electron chi connectivity index (χ0n) is 7.71. The summed E-state index contributed by atoms with van der Waals surface area (Å²) in [4.78, 5) is 2.14. The fourth-order valence-electron chi connectivity index (χ4n) is 1.65. The van der Waals surface area contributed by atoms with Crippen LogP contribution in [0.3, 0.4) is 0 Å². The third kappa shape index (κ3) is 1.90. The topological polar surface area (TPSA) is 29.3 Å². The summed E-state index contributed by atoms with van der Waals surface area (Å²) < 4.78 is 13.1. The van der Waals surface area contributed by atoms with Crippen molar-refractivity contribution in [3.05, 3.63) is 34.6 Å². The lowest BCUT2D eigenvalue weighted by atomic mass is 10.1. The number of likely N-dealkylation sites (tertiary alicyclic amines) is 1. The van der Waals surface area contributed by atoms with Gasteiger partial charge in [-0.25, -0.2) is 4.39 Å². The minimum Gasteiger partial charge on any atom is -0.325 e. The van der Waals surface area contributed by atoms with Crippen LogP contribution >= 0.6 is 11.6 Å². The van der Waals surface area contributed by atoms with Gasteiger partial charge in [0.1, 0.15) is 5.82 Å². The Bertz CT molecular complexity index is 337. The molecule has 0 bridgehead atoms. The SMILES string of the molecule is NC1CN(Cc2cccc(F)c2Cl)C1. The molecule has 0 atom stereocenters. The monoisotopic (exact) mass is 214 g/mol. The molecule has 0 aliphatic carbocycles. The van der Waals surface area contributed by atoms with Crippen molar-refractivity contribution in [2.45, 2.75) is 12.6 Å². The molecular formula is C10H12ClFN2. The van der Waals surface area contributed by atoms with Crippen LogP contribution in [0, 0.1) is 5.82 Å². The van der Waals surface area contributed by atoms with Crippen LogP contribution in [0.2, 0.25) is 5.02 Å². The zero-order chi connectivity index (χ0) is 10.1. The van der Waals surface area contributed by atoms with E-state index in [2.05, 4.69) is 4.90 Å². The van der Waals surface area contributed by atoms with Crippen LogP contribution in [0.4, 0.5) is 4.39 Å². The van der Waals surface area contributed by atoms with E-state index in [1.807, 2.05) is 6.07 Å². The van der Waals surface area contributed by atoms with E-state index in [9.17, 15) is 4.39 Å². The molecule has 0 saturated carbocycles. The molecule has 1 aliphatic rings. The van der Waals surface area contributed by atoms with Gasteiger partial charge >= 0.3 is 0 Å². The van der Waals surface area contributed by atoms with Crippen molar-refractivity contribution in [2.24, 2.45) is 5.73 Å². The summed E-state index contributed by atoms with van der Waals surface area (Å²) in [6, 6.07) is 5.15. The van der Waals surface area contributed by atoms with Crippen molar-refractivity contribution < 1.29 is 4.39 Å². The molecule has 4 heteroatoms. The van der Waals surface area contributed by atoms with Gasteiger partial charge < -0.3 is 5.73 Å². The molecule has 1 aliphatic heterocycles. The fraction of sp³-hybridized carbons (Fsp3) is 0.400. The highest BCUT2D eigenvalue weighted by atomic mass is 35.5. The van der Waals surface area contributed by atoms with Crippen LogP contribution in [0.1, 0.15) is 5.56 Å². The van der Waals surface area contributed by atoms with E-state index in [1.54, 1.807) is 6.07 Å². The van der Waals surface area contributed by atoms with Gasteiger partial charge in [0.25, 0.3) is 0 Å². The lowest BCUT2D eigenvalue weighted by Gasteiger charge is -2.36. The van der Waals surface area contributed by atoms with Gasteiger partial charge in [-0.3, -0.25) is 4.90 Å². The molecule has 1 fully saturated rings. The first-order valence-electron chi connectivity index (χ1n) is 4.57. The Hall–Kier alpha value is -0.640. The molecule has 1 aromatic carbocycles. The van der Waals surface area contributed by atoms with Crippen molar-refractivity contribution in [3.8, 4) is 0 Å². The minimum atomic E-state index is -0.353. The molecule has 0 amide bonds. The summed E-state index contributed by atoms with van der Waals surface area (Å²) in [7, 11) is 0. The lowest BCUT2D eigenvalue weighted by Crippen LogP contribution is -2.54. The van der Waals surface area contributed by atoms with E-state index in [1.165, 1.54) is 6.07 Å². The summed E-state index contributed by atoms with van der Waals surface area (Å²) in [5, 5.41) is 0.230. The van der Waals surface area contributed by atoms with Gasteiger partial charge in [-0.1, -0.05) is 23.7 Å². The molecule has 0 aromatic heterocycles. The predicted octanol–water partition coefficient (Wildman–Crippen LogP) is 1.62. The Kier molecular flexibility index (Phi) is 2.72. The Morgan fingerprint density at radius 2 is 2.21 bits per heavy atom. The number of nitrogens with zero attached hydrogens (tertiary/aromatic N) is 1. The van der Waals surface area contributed by atoms with Crippen molar-refractivity contribution in [3.63, 3.8) is 0 Å². The molecule has 76 valence electrons. The van der Waals surface area contributed by atoms with Crippen molar-refractivity contribution >= 4 is 11.6 Å². The second kappa shape index (κ2) is 3.85. The molecule has 2 nitrogen and oxygen atoms in total. The number of benzene rings is 1. The number of hydrogen-bond donors (Lipinski definition) is 1. The molecule has 1 aromatic rings. The predicted molar refractivity (Wildman–Crippen MR) is 54.7 cm³/mol. The molecule has 0 spiro atoms. The second-order valence-electron chi connectivity index (χ2n) is 3.67. The average Bonchev–Trinajstić information content (AvgIpc) is 2.10. The fourth-order valence-corrected chi connectivity index (χ4v) is 1.84. The zero-order valence-corrected chi connectivity index (χ0v) is 8.47. The molecular weight excluding hydrogens is 203 g/mol. The maximum Gasteiger partial charge on any atom is 0.142 e. The molecule has 1 heterocycles. The number of nitrogens with two attached hydrogens (primary N) is 1. The van der Waals surface area contributed by atoms with Crippen LogP contribution < -0.4 is 5.73 Å². The van der Waals surface area contributed by atoms with E-state index in [-0.39, 0.29) is 16.9 Å². The standard InChI is InChI=1S/C10H12ClFN2/c11-10-7(2-1-3-9(10)12)4-14-5-8(13)6-14/h1-3,8H,4-6,13H2. The maximum absolute atomic E-state index is 13.1. The van der Waals surface area contributed by atoms with Crippen molar-refractivity contribution in [1.82, 2.24) is 4.90 Å². The summed E-state index contributed by atoms with van der Waals surface area (Å²) >= 11 is 5.82. The van der Waals surface area contributed by atoms with E-state index < -0.39 is 0 Å². The average molecular weight is 215 g/mol. The lowest BCUT2D eigenvalue weighted by molar-refractivity contribution is 0.142. The first-order valence-corrected chi connectivity index (χ1v) is 4.95. The van der Waals surface area contributed by atoms with Gasteiger partial charge in [0, 0.05) is 25.7 Å². The molecule has 0 unspecified atom stereocenters. The molecule has 1 saturated heterocycles. The highest BCUT2D eigenvalue weighted by Gasteiger charge is 2.23. The van der Waals surface area contributed by atoms with Crippen molar-refractivity contribution in [1.29, 1.82) is 0 Å². The van der Waals surface area contributed by atoms with Crippen molar-refractivity contribution in [2.75, 3.05) is 13.1 Å². The van der Waals surface area contributed by atoms with Gasteiger partial charge in [0.2, 0.25) is 0 Å². The first kappa shape index (κ1) is 9.90. The Morgan fingerprint density at radius 3 is 2.86 bits per heavy atom. The molecule has 0 radical (unpaired) electrons. The van der Waals surface area contributed by atoms with Gasteiger partial charge in [0.15, 0.2) is 0 Å². The largest absolute Gasteiger partial charge is 0.325 e. The normalized spacial score (nSPS) is 18.2. The third-order valence-electron chi connectivity index (χ3n) is 2.41. The van der Waals surface area contributed by atoms with Crippen LogP contribution in [0.5, 0.6) is 0 Å². The van der Waals surface area contributed by atoms with Gasteiger partial charge in [-0.05, 0) is 11.6 Å². The Labute approximate surface area is 87.5 Å². The highest BCUT2D eigenvalue weighted by molar-refractivity contribution is 6.31. The molecule has 2 rings (SSSR count). The van der Waals surface area contributed by atoms with E-state index in [0.717, 1.165) is 18.7 Å². The second-order valence-corrected chi connectivity index (χ2v) is 4.05. The van der Waals surface area contributed by atoms with Crippen LogP contribution in [0.25, 0.3) is 0 Å². The summed E-state index contributed by atoms with van der Waals surface area (Å²) in [5.74, 6) is -0.353. The van der Waals surface area contributed by atoms with Gasteiger partial charge in [0.05, 0.1) is 5.02 Å². The number of halogens is 2. The summed E-state index contributed by atoms with van der Waals surface area (Å²) in [5.41, 5.74) is 6.47. The quantitative estimate of drug-likeness (QED) is 0.811. The number of hydrogen-bond acceptors (Lipinski definition) is 2. The smallest absolute Gasteiger partial charge is 0.142 e. The Balaban J connectivity index is 2.06. The van der Waals surface area contributed by atoms with Crippen LogP contribution in [0.15, 0.2) is 18.2 Å². The first-order chi connectivity index (χ1) is 6.66. The third-order valence-corrected chi connectivity index (χ3v) is 2.83. The Morgan fingerprint density at radius 1 is 1.50 bits per heavy atom. The van der Waals surface area contributed by atoms with E-state index in [0.29, 0.717) is 6.54 Å². The maximum atomic E-state index is 13.1. The van der Waals surface area contributed by atoms with Gasteiger partial charge in [-0.2, -0.15) is 0 Å². The van der Waals surface area contributed by atoms with Gasteiger partial charge in [-0.15, -0.1) is 0 Å². The molecule has 14 heavy (non-hydrogen) atoms. The summed E-state index contributed by atoms with van der Waals surface area (Å²) in [6.45, 7) is 2.42.